The third-order valence-corrected chi connectivity index (χ3v) is 7.31. The second kappa shape index (κ2) is 9.89. The van der Waals surface area contributed by atoms with Crippen LogP contribution in [0.25, 0.3) is 5.70 Å². The van der Waals surface area contributed by atoms with Gasteiger partial charge in [-0.1, -0.05) is 51.5 Å². The highest BCUT2D eigenvalue weighted by atomic mass is 19.2. The molecule has 0 aromatic heterocycles. The Morgan fingerprint density at radius 2 is 1.84 bits per heavy atom. The van der Waals surface area contributed by atoms with Crippen molar-refractivity contribution in [2.75, 3.05) is 13.1 Å². The molecule has 3 aliphatic rings. The lowest BCUT2D eigenvalue weighted by atomic mass is 9.75. The minimum Gasteiger partial charge on any atom is -0.371 e. The minimum absolute atomic E-state index is 0.540. The first-order chi connectivity index (χ1) is 15.5. The average molecular weight is 437 g/mol. The Hall–Kier alpha value is -2.62. The summed E-state index contributed by atoms with van der Waals surface area (Å²) in [5, 5.41) is 3.29. The number of hydrogen-bond donors (Lipinski definition) is 1. The molecule has 2 fully saturated rings. The maximum Gasteiger partial charge on any atom is 0.159 e. The molecule has 0 amide bonds. The van der Waals surface area contributed by atoms with Crippen molar-refractivity contribution in [3.8, 4) is 0 Å². The first-order valence-electron chi connectivity index (χ1n) is 11.9. The van der Waals surface area contributed by atoms with E-state index in [2.05, 4.69) is 48.5 Å². The van der Waals surface area contributed by atoms with Crippen LogP contribution in [0.15, 0.2) is 72.1 Å². The first kappa shape index (κ1) is 22.6. The van der Waals surface area contributed by atoms with E-state index in [9.17, 15) is 8.78 Å². The number of nitrogens with zero attached hydrogens (tertiary/aromatic N) is 1. The van der Waals surface area contributed by atoms with Crippen molar-refractivity contribution in [3.05, 3.63) is 89.3 Å². The number of piperidine rings is 1. The number of nitrogens with one attached hydrogen (secondary N) is 1. The Balaban J connectivity index is 1.48. The van der Waals surface area contributed by atoms with Crippen molar-refractivity contribution in [1.29, 1.82) is 0 Å². The van der Waals surface area contributed by atoms with E-state index in [1.807, 2.05) is 0 Å². The highest BCUT2D eigenvalue weighted by Gasteiger charge is 2.32. The van der Waals surface area contributed by atoms with Crippen LogP contribution < -0.4 is 5.32 Å². The average Bonchev–Trinajstić information content (AvgIpc) is 3.02. The lowest BCUT2D eigenvalue weighted by Crippen LogP contribution is -2.41. The van der Waals surface area contributed by atoms with Crippen LogP contribution in [0.1, 0.15) is 57.4 Å². The van der Waals surface area contributed by atoms with Gasteiger partial charge in [0.2, 0.25) is 0 Å². The Morgan fingerprint density at radius 1 is 1.06 bits per heavy atom. The number of rotatable bonds is 6. The van der Waals surface area contributed by atoms with Crippen LogP contribution in [0, 0.1) is 23.5 Å². The summed E-state index contributed by atoms with van der Waals surface area (Å²) in [5.41, 5.74) is 5.69. The molecule has 0 bridgehead atoms. The molecule has 1 N–H and O–H groups in total. The first-order valence-corrected chi connectivity index (χ1v) is 11.9. The molecule has 32 heavy (non-hydrogen) atoms. The smallest absolute Gasteiger partial charge is 0.159 e. The van der Waals surface area contributed by atoms with Gasteiger partial charge in [0, 0.05) is 47.7 Å². The van der Waals surface area contributed by atoms with Gasteiger partial charge in [-0.15, -0.1) is 0 Å². The molecule has 1 heterocycles. The van der Waals surface area contributed by atoms with Crippen LogP contribution in [0.4, 0.5) is 8.78 Å². The topological polar surface area (TPSA) is 15.3 Å². The van der Waals surface area contributed by atoms with Gasteiger partial charge in [-0.05, 0) is 60.9 Å². The van der Waals surface area contributed by atoms with Gasteiger partial charge in [0.05, 0.1) is 0 Å². The van der Waals surface area contributed by atoms with E-state index < -0.39 is 11.6 Å². The van der Waals surface area contributed by atoms with Crippen LogP contribution >= 0.6 is 0 Å². The van der Waals surface area contributed by atoms with E-state index >= 15 is 0 Å². The molecule has 1 saturated heterocycles. The van der Waals surface area contributed by atoms with Crippen molar-refractivity contribution in [2.45, 2.75) is 51.9 Å². The van der Waals surface area contributed by atoms with E-state index in [4.69, 9.17) is 0 Å². The highest BCUT2D eigenvalue weighted by molar-refractivity contribution is 5.64. The molecule has 170 valence electrons. The number of allylic oxidation sites excluding steroid dienone is 4. The zero-order chi connectivity index (χ0) is 22.7. The Bertz CT molecular complexity index is 985. The third-order valence-electron chi connectivity index (χ3n) is 7.31. The van der Waals surface area contributed by atoms with Crippen LogP contribution in [0.5, 0.6) is 0 Å². The zero-order valence-corrected chi connectivity index (χ0v) is 19.1. The van der Waals surface area contributed by atoms with Gasteiger partial charge in [0.15, 0.2) is 11.6 Å². The predicted molar refractivity (Wildman–Crippen MR) is 128 cm³/mol. The summed E-state index contributed by atoms with van der Waals surface area (Å²) in [4.78, 5) is 2.49. The maximum absolute atomic E-state index is 13.6. The summed E-state index contributed by atoms with van der Waals surface area (Å²) in [7, 11) is 0. The lowest BCUT2D eigenvalue weighted by molar-refractivity contribution is 0.112. The van der Waals surface area contributed by atoms with Crippen molar-refractivity contribution in [3.63, 3.8) is 0 Å². The number of likely N-dealkylation sites (tertiary alicyclic amines) is 1. The van der Waals surface area contributed by atoms with Crippen molar-refractivity contribution in [2.24, 2.45) is 11.8 Å². The summed E-state index contributed by atoms with van der Waals surface area (Å²) < 4.78 is 26.9. The van der Waals surface area contributed by atoms with E-state index in [-0.39, 0.29) is 0 Å². The minimum atomic E-state index is -0.867. The van der Waals surface area contributed by atoms with Gasteiger partial charge in [0.1, 0.15) is 0 Å². The Morgan fingerprint density at radius 3 is 2.59 bits per heavy atom. The van der Waals surface area contributed by atoms with E-state index in [0.717, 1.165) is 55.2 Å². The molecule has 1 aromatic rings. The standard InChI is InChI=1S/C28H34F2N2/c1-4-21-9-11-25(31-19(2)23-10-14-27(29)28(30)17-23)12-13-26(21)20(3)32-16-15-22-7-5-6-8-24(22)18-32/h9-10,12-14,17,22,24,31H,2-8,11,15-16,18H2,1H3. The molecule has 4 rings (SSSR count). The van der Waals surface area contributed by atoms with E-state index in [1.165, 1.54) is 55.4 Å². The van der Waals surface area contributed by atoms with Gasteiger partial charge in [0.25, 0.3) is 0 Å². The lowest BCUT2D eigenvalue weighted by Gasteiger charge is -2.43. The van der Waals surface area contributed by atoms with Crippen molar-refractivity contribution >= 4 is 5.70 Å². The second-order valence-corrected chi connectivity index (χ2v) is 9.28. The van der Waals surface area contributed by atoms with Crippen molar-refractivity contribution in [1.82, 2.24) is 10.2 Å². The number of benzene rings is 1. The second-order valence-electron chi connectivity index (χ2n) is 9.28. The molecule has 2 aliphatic carbocycles. The molecular weight excluding hydrogens is 402 g/mol. The summed E-state index contributed by atoms with van der Waals surface area (Å²) in [6.45, 7) is 12.9. The number of halogens is 2. The van der Waals surface area contributed by atoms with E-state index in [0.29, 0.717) is 11.3 Å². The van der Waals surface area contributed by atoms with Gasteiger partial charge in [-0.25, -0.2) is 8.78 Å². The van der Waals surface area contributed by atoms with Crippen molar-refractivity contribution < 1.29 is 8.78 Å². The monoisotopic (exact) mass is 436 g/mol. The molecule has 2 unspecified atom stereocenters. The summed E-state index contributed by atoms with van der Waals surface area (Å²) >= 11 is 0. The Labute approximate surface area is 191 Å². The molecule has 1 aliphatic heterocycles. The molecule has 4 heteroatoms. The number of fused-ring (bicyclic) bond motifs is 1. The normalized spacial score (nSPS) is 23.3. The molecular formula is C28H34F2N2. The highest BCUT2D eigenvalue weighted by Crippen LogP contribution is 2.38. The summed E-state index contributed by atoms with van der Waals surface area (Å²) in [6, 6.07) is 3.84. The van der Waals surface area contributed by atoms with Gasteiger partial charge in [-0.2, -0.15) is 0 Å². The fourth-order valence-electron chi connectivity index (χ4n) is 5.38. The molecule has 0 radical (unpaired) electrons. The zero-order valence-electron chi connectivity index (χ0n) is 19.1. The molecule has 1 aromatic carbocycles. The summed E-state index contributed by atoms with van der Waals surface area (Å²) in [5.74, 6) is -0.0141. The molecule has 1 saturated carbocycles. The van der Waals surface area contributed by atoms with Gasteiger partial charge < -0.3 is 10.2 Å². The Kier molecular flexibility index (Phi) is 6.98. The predicted octanol–water partition coefficient (Wildman–Crippen LogP) is 7.10. The fourth-order valence-corrected chi connectivity index (χ4v) is 5.38. The third kappa shape index (κ3) is 4.90. The SMILES string of the molecule is C=C(NC1=CC=C(C(=C)N2CCC3CCCCC3C2)C(CC)=CC1)c1ccc(F)c(F)c1. The summed E-state index contributed by atoms with van der Waals surface area (Å²) in [6.07, 6.45) is 14.9. The van der Waals surface area contributed by atoms with Gasteiger partial charge in [-0.3, -0.25) is 0 Å². The van der Waals surface area contributed by atoms with Crippen LogP contribution in [0.3, 0.4) is 0 Å². The van der Waals surface area contributed by atoms with Crippen LogP contribution in [0.2, 0.25) is 0 Å². The maximum atomic E-state index is 13.6. The number of hydrogen-bond acceptors (Lipinski definition) is 2. The van der Waals surface area contributed by atoms with E-state index in [1.54, 1.807) is 0 Å². The fraction of sp³-hybridized carbons (Fsp3) is 0.429. The molecule has 0 spiro atoms. The van der Waals surface area contributed by atoms with Crippen LogP contribution in [-0.2, 0) is 0 Å². The molecule has 2 atom stereocenters. The quantitative estimate of drug-likeness (QED) is 0.511. The van der Waals surface area contributed by atoms with Gasteiger partial charge >= 0.3 is 0 Å². The largest absolute Gasteiger partial charge is 0.371 e. The molecule has 2 nitrogen and oxygen atoms in total. The van der Waals surface area contributed by atoms with Crippen LogP contribution in [-0.4, -0.2) is 18.0 Å².